The molecule has 1 aromatic carbocycles. The van der Waals surface area contributed by atoms with Crippen molar-refractivity contribution in [2.24, 2.45) is 0 Å². The van der Waals surface area contributed by atoms with Gasteiger partial charge in [0, 0.05) is 0 Å². The third kappa shape index (κ3) is 1.60. The van der Waals surface area contributed by atoms with Crippen molar-refractivity contribution in [2.75, 3.05) is 5.73 Å². The number of nitrogen functional groups attached to an aromatic ring is 1. The molecule has 1 aromatic heterocycles. The van der Waals surface area contributed by atoms with Crippen molar-refractivity contribution >= 4 is 11.7 Å². The van der Waals surface area contributed by atoms with Gasteiger partial charge >= 0.3 is 5.97 Å². The van der Waals surface area contributed by atoms with Gasteiger partial charge in [-0.2, -0.15) is 10.2 Å². The van der Waals surface area contributed by atoms with E-state index < -0.39 is 5.97 Å². The van der Waals surface area contributed by atoms with E-state index in [1.54, 1.807) is 19.1 Å². The lowest BCUT2D eigenvalue weighted by Crippen LogP contribution is -2.10. The third-order valence-corrected chi connectivity index (χ3v) is 2.10. The number of nitrogens with zero attached hydrogens (tertiary/aromatic N) is 3. The standard InChI is InChI=1S/C10H10N4O2/c1-6-5-12-14(13-6)9-7(10(15)16)3-2-4-8(9)11/h2-5H,11H2,1H3,(H,15,16). The fourth-order valence-corrected chi connectivity index (χ4v) is 1.40. The number of anilines is 1. The molecule has 0 radical (unpaired) electrons. The Hall–Kier alpha value is -2.37. The number of aromatic carboxylic acids is 1. The molecule has 0 spiro atoms. The van der Waals surface area contributed by atoms with E-state index in [0.29, 0.717) is 17.1 Å². The van der Waals surface area contributed by atoms with E-state index in [0.717, 1.165) is 0 Å². The minimum absolute atomic E-state index is 0.0793. The number of para-hydroxylation sites is 1. The molecule has 6 nitrogen and oxygen atoms in total. The normalized spacial score (nSPS) is 10.3. The molecule has 0 bridgehead atoms. The summed E-state index contributed by atoms with van der Waals surface area (Å²) in [4.78, 5) is 12.3. The van der Waals surface area contributed by atoms with Crippen molar-refractivity contribution in [1.82, 2.24) is 15.0 Å². The van der Waals surface area contributed by atoms with E-state index in [1.807, 2.05) is 0 Å². The first kappa shape index (κ1) is 10.2. The lowest BCUT2D eigenvalue weighted by atomic mass is 10.1. The highest BCUT2D eigenvalue weighted by molar-refractivity contribution is 5.94. The molecule has 82 valence electrons. The van der Waals surface area contributed by atoms with Crippen LogP contribution in [0.1, 0.15) is 16.1 Å². The van der Waals surface area contributed by atoms with Crippen LogP contribution in [0.4, 0.5) is 5.69 Å². The first-order valence-corrected chi connectivity index (χ1v) is 4.60. The van der Waals surface area contributed by atoms with Crippen LogP contribution >= 0.6 is 0 Å². The Morgan fingerprint density at radius 3 is 2.81 bits per heavy atom. The Morgan fingerprint density at radius 2 is 2.25 bits per heavy atom. The molecule has 1 heterocycles. The fraction of sp³-hybridized carbons (Fsp3) is 0.100. The number of carboxylic acids is 1. The molecule has 0 aliphatic heterocycles. The van der Waals surface area contributed by atoms with Crippen molar-refractivity contribution in [3.05, 3.63) is 35.7 Å². The Morgan fingerprint density at radius 1 is 1.50 bits per heavy atom. The predicted octanol–water partition coefficient (Wildman–Crippen LogP) is 0.856. The van der Waals surface area contributed by atoms with Gasteiger partial charge in [0.25, 0.3) is 0 Å². The number of rotatable bonds is 2. The van der Waals surface area contributed by atoms with Gasteiger partial charge in [0.15, 0.2) is 0 Å². The zero-order valence-electron chi connectivity index (χ0n) is 8.58. The Kier molecular flexibility index (Phi) is 2.32. The van der Waals surface area contributed by atoms with Crippen LogP contribution in [-0.4, -0.2) is 26.1 Å². The molecule has 0 saturated heterocycles. The van der Waals surface area contributed by atoms with Crippen LogP contribution in [-0.2, 0) is 0 Å². The van der Waals surface area contributed by atoms with E-state index in [1.165, 1.54) is 17.1 Å². The van der Waals surface area contributed by atoms with Gasteiger partial charge in [0.2, 0.25) is 0 Å². The van der Waals surface area contributed by atoms with Crippen LogP contribution in [0.2, 0.25) is 0 Å². The highest BCUT2D eigenvalue weighted by Crippen LogP contribution is 2.20. The van der Waals surface area contributed by atoms with Crippen molar-refractivity contribution < 1.29 is 9.90 Å². The first-order chi connectivity index (χ1) is 7.59. The molecule has 0 aliphatic carbocycles. The molecule has 2 aromatic rings. The van der Waals surface area contributed by atoms with E-state index in [4.69, 9.17) is 10.8 Å². The molecule has 6 heteroatoms. The van der Waals surface area contributed by atoms with Crippen LogP contribution in [0.3, 0.4) is 0 Å². The number of carboxylic acid groups (broad SMARTS) is 1. The van der Waals surface area contributed by atoms with Crippen LogP contribution in [0.5, 0.6) is 0 Å². The summed E-state index contributed by atoms with van der Waals surface area (Å²) in [5.41, 5.74) is 7.13. The van der Waals surface area contributed by atoms with Gasteiger partial charge in [-0.05, 0) is 19.1 Å². The Labute approximate surface area is 91.3 Å². The summed E-state index contributed by atoms with van der Waals surface area (Å²) in [6, 6.07) is 4.66. The second-order valence-electron chi connectivity index (χ2n) is 3.32. The summed E-state index contributed by atoms with van der Waals surface area (Å²) in [6.07, 6.45) is 1.54. The molecular weight excluding hydrogens is 208 g/mol. The molecular formula is C10H10N4O2. The molecule has 0 aliphatic rings. The molecule has 0 unspecified atom stereocenters. The molecule has 0 atom stereocenters. The van der Waals surface area contributed by atoms with E-state index in [-0.39, 0.29) is 5.56 Å². The Balaban J connectivity index is 2.67. The summed E-state index contributed by atoms with van der Waals surface area (Å²) < 4.78 is 0. The van der Waals surface area contributed by atoms with Gasteiger partial charge in [-0.15, -0.1) is 4.80 Å². The van der Waals surface area contributed by atoms with Crippen LogP contribution < -0.4 is 5.73 Å². The van der Waals surface area contributed by atoms with E-state index in [2.05, 4.69) is 10.2 Å². The Bertz CT molecular complexity index is 548. The molecule has 0 amide bonds. The number of hydrogen-bond acceptors (Lipinski definition) is 4. The summed E-state index contributed by atoms with van der Waals surface area (Å²) in [7, 11) is 0. The first-order valence-electron chi connectivity index (χ1n) is 4.60. The van der Waals surface area contributed by atoms with Crippen LogP contribution in [0, 0.1) is 6.92 Å². The molecule has 2 rings (SSSR count). The second kappa shape index (κ2) is 3.65. The van der Waals surface area contributed by atoms with Crippen molar-refractivity contribution in [3.63, 3.8) is 0 Å². The largest absolute Gasteiger partial charge is 0.478 e. The molecule has 0 saturated carbocycles. The van der Waals surface area contributed by atoms with Crippen molar-refractivity contribution in [1.29, 1.82) is 0 Å². The maximum Gasteiger partial charge on any atom is 0.338 e. The monoisotopic (exact) mass is 218 g/mol. The number of hydrogen-bond donors (Lipinski definition) is 2. The van der Waals surface area contributed by atoms with Crippen LogP contribution in [0.25, 0.3) is 5.69 Å². The third-order valence-electron chi connectivity index (χ3n) is 2.10. The van der Waals surface area contributed by atoms with Gasteiger partial charge in [0.05, 0.1) is 23.1 Å². The summed E-state index contributed by atoms with van der Waals surface area (Å²) in [5, 5.41) is 17.0. The average molecular weight is 218 g/mol. The maximum absolute atomic E-state index is 11.0. The van der Waals surface area contributed by atoms with Gasteiger partial charge < -0.3 is 10.8 Å². The molecule has 16 heavy (non-hydrogen) atoms. The zero-order chi connectivity index (χ0) is 11.7. The smallest absolute Gasteiger partial charge is 0.338 e. The summed E-state index contributed by atoms with van der Waals surface area (Å²) >= 11 is 0. The quantitative estimate of drug-likeness (QED) is 0.729. The number of benzene rings is 1. The van der Waals surface area contributed by atoms with Gasteiger partial charge in [-0.3, -0.25) is 0 Å². The number of nitrogens with two attached hydrogens (primary N) is 1. The number of carbonyl (C=O) groups is 1. The highest BCUT2D eigenvalue weighted by Gasteiger charge is 2.15. The highest BCUT2D eigenvalue weighted by atomic mass is 16.4. The topological polar surface area (TPSA) is 94.0 Å². The second-order valence-corrected chi connectivity index (χ2v) is 3.32. The van der Waals surface area contributed by atoms with E-state index >= 15 is 0 Å². The van der Waals surface area contributed by atoms with Crippen molar-refractivity contribution in [2.45, 2.75) is 6.92 Å². The van der Waals surface area contributed by atoms with Crippen molar-refractivity contribution in [3.8, 4) is 5.69 Å². The molecule has 0 fully saturated rings. The van der Waals surface area contributed by atoms with Gasteiger partial charge in [-0.25, -0.2) is 4.79 Å². The SMILES string of the molecule is Cc1cnn(-c2c(N)cccc2C(=O)O)n1. The van der Waals surface area contributed by atoms with Gasteiger partial charge in [-0.1, -0.05) is 6.07 Å². The van der Waals surface area contributed by atoms with Gasteiger partial charge in [0.1, 0.15) is 5.69 Å². The van der Waals surface area contributed by atoms with Crippen LogP contribution in [0.15, 0.2) is 24.4 Å². The predicted molar refractivity (Wildman–Crippen MR) is 57.5 cm³/mol. The van der Waals surface area contributed by atoms with E-state index in [9.17, 15) is 4.79 Å². The average Bonchev–Trinajstić information content (AvgIpc) is 2.64. The number of aromatic nitrogens is 3. The molecule has 3 N–H and O–H groups in total. The minimum Gasteiger partial charge on any atom is -0.478 e. The lowest BCUT2D eigenvalue weighted by molar-refractivity contribution is 0.0696. The minimum atomic E-state index is -1.06. The lowest BCUT2D eigenvalue weighted by Gasteiger charge is -2.07. The maximum atomic E-state index is 11.0. The number of aryl methyl sites for hydroxylation is 1. The zero-order valence-corrected chi connectivity index (χ0v) is 8.58. The summed E-state index contributed by atoms with van der Waals surface area (Å²) in [6.45, 7) is 1.77. The summed E-state index contributed by atoms with van der Waals surface area (Å²) in [5.74, 6) is -1.06. The fourth-order valence-electron chi connectivity index (χ4n) is 1.40.